The normalized spacial score (nSPS) is 10.8. The number of nitrogens with zero attached hydrogens (tertiary/aromatic N) is 3. The molecule has 0 fully saturated rings. The summed E-state index contributed by atoms with van der Waals surface area (Å²) in [5.41, 5.74) is -1.04. The third-order valence-electron chi connectivity index (χ3n) is 2.57. The summed E-state index contributed by atoms with van der Waals surface area (Å²) in [4.78, 5) is 0. The molecule has 0 saturated carbocycles. The van der Waals surface area contributed by atoms with Crippen molar-refractivity contribution in [1.82, 2.24) is 4.57 Å². The topological polar surface area (TPSA) is 52.5 Å². The molecule has 6 heteroatoms. The molecule has 0 unspecified atom stereocenters. The van der Waals surface area contributed by atoms with E-state index >= 15 is 0 Å². The molecule has 0 amide bonds. The number of benzene rings is 1. The Hall–Kier alpha value is -2.73. The van der Waals surface area contributed by atoms with Gasteiger partial charge in [0.1, 0.15) is 11.8 Å². The van der Waals surface area contributed by atoms with E-state index in [4.69, 9.17) is 10.5 Å². The van der Waals surface area contributed by atoms with Crippen molar-refractivity contribution in [2.75, 3.05) is 0 Å². The number of hydrogen-bond acceptors (Lipinski definition) is 2. The van der Waals surface area contributed by atoms with Gasteiger partial charge in [0, 0.05) is 11.9 Å². The lowest BCUT2D eigenvalue weighted by atomic mass is 10.1. The smallest absolute Gasteiger partial charge is 0.308 e. The zero-order valence-electron chi connectivity index (χ0n) is 9.44. The van der Waals surface area contributed by atoms with E-state index in [-0.39, 0.29) is 11.4 Å². The van der Waals surface area contributed by atoms with Crippen molar-refractivity contribution in [1.29, 1.82) is 10.5 Å². The van der Waals surface area contributed by atoms with Gasteiger partial charge in [0.2, 0.25) is 0 Å². The van der Waals surface area contributed by atoms with Crippen LogP contribution in [-0.2, 0) is 6.18 Å². The van der Waals surface area contributed by atoms with Gasteiger partial charge in [-0.25, -0.2) is 0 Å². The second-order valence-corrected chi connectivity index (χ2v) is 3.71. The molecule has 1 aromatic heterocycles. The maximum Gasteiger partial charge on any atom is 0.417 e. The van der Waals surface area contributed by atoms with Gasteiger partial charge in [-0.3, -0.25) is 0 Å². The first-order valence-electron chi connectivity index (χ1n) is 5.16. The molecule has 0 aliphatic rings. The molecule has 0 spiro atoms. The monoisotopic (exact) mass is 261 g/mol. The summed E-state index contributed by atoms with van der Waals surface area (Å²) in [5, 5.41) is 17.5. The van der Waals surface area contributed by atoms with Crippen molar-refractivity contribution in [2.24, 2.45) is 0 Å². The Morgan fingerprint density at radius 2 is 1.79 bits per heavy atom. The molecule has 0 N–H and O–H groups in total. The minimum absolute atomic E-state index is 0.188. The highest BCUT2D eigenvalue weighted by Crippen LogP contribution is 2.33. The van der Waals surface area contributed by atoms with Crippen LogP contribution in [0.5, 0.6) is 0 Å². The van der Waals surface area contributed by atoms with Crippen LogP contribution in [0.3, 0.4) is 0 Å². The van der Waals surface area contributed by atoms with Crippen LogP contribution in [0, 0.1) is 22.7 Å². The summed E-state index contributed by atoms with van der Waals surface area (Å²) in [6, 6.07) is 9.76. The van der Waals surface area contributed by atoms with Crippen molar-refractivity contribution < 1.29 is 13.2 Å². The molecular formula is C13H6F3N3. The van der Waals surface area contributed by atoms with E-state index in [0.29, 0.717) is 0 Å². The Morgan fingerprint density at radius 1 is 1.05 bits per heavy atom. The average Bonchev–Trinajstić information content (AvgIpc) is 2.85. The standard InChI is InChI=1S/C13H6F3N3/c14-13(15,16)12-6-10(4-3-9(12)7-17)19-5-1-2-11(19)8-18/h1-6H. The predicted molar refractivity (Wildman–Crippen MR) is 60.2 cm³/mol. The van der Waals surface area contributed by atoms with Crippen LogP contribution < -0.4 is 0 Å². The summed E-state index contributed by atoms with van der Waals surface area (Å²) < 4.78 is 39.8. The summed E-state index contributed by atoms with van der Waals surface area (Å²) in [7, 11) is 0. The fraction of sp³-hybridized carbons (Fsp3) is 0.0769. The first-order chi connectivity index (χ1) is 8.97. The molecule has 2 rings (SSSR count). The zero-order valence-corrected chi connectivity index (χ0v) is 9.44. The van der Waals surface area contributed by atoms with E-state index in [0.717, 1.165) is 12.1 Å². The molecule has 0 atom stereocenters. The second-order valence-electron chi connectivity index (χ2n) is 3.71. The number of halogens is 3. The Morgan fingerprint density at radius 3 is 2.37 bits per heavy atom. The first-order valence-corrected chi connectivity index (χ1v) is 5.16. The fourth-order valence-electron chi connectivity index (χ4n) is 1.71. The van der Waals surface area contributed by atoms with Gasteiger partial charge in [0.25, 0.3) is 0 Å². The number of aromatic nitrogens is 1. The van der Waals surface area contributed by atoms with Crippen molar-refractivity contribution in [3.8, 4) is 17.8 Å². The summed E-state index contributed by atoms with van der Waals surface area (Å²) in [6.07, 6.45) is -3.12. The van der Waals surface area contributed by atoms with Gasteiger partial charge in [-0.1, -0.05) is 0 Å². The highest BCUT2D eigenvalue weighted by atomic mass is 19.4. The van der Waals surface area contributed by atoms with Crippen LogP contribution in [-0.4, -0.2) is 4.57 Å². The van der Waals surface area contributed by atoms with E-state index in [1.807, 2.05) is 6.07 Å². The summed E-state index contributed by atoms with van der Waals surface area (Å²) in [6.45, 7) is 0. The quantitative estimate of drug-likeness (QED) is 0.791. The molecule has 0 radical (unpaired) electrons. The maximum absolute atomic E-state index is 12.8. The highest BCUT2D eigenvalue weighted by Gasteiger charge is 2.34. The van der Waals surface area contributed by atoms with Gasteiger partial charge in [-0.05, 0) is 30.3 Å². The molecule has 94 valence electrons. The molecule has 3 nitrogen and oxygen atoms in total. The second kappa shape index (κ2) is 4.51. The molecule has 2 aromatic rings. The summed E-state index contributed by atoms with van der Waals surface area (Å²) in [5.74, 6) is 0. The molecular weight excluding hydrogens is 255 g/mol. The molecule has 1 heterocycles. The van der Waals surface area contributed by atoms with Gasteiger partial charge < -0.3 is 4.57 Å². The minimum atomic E-state index is -4.61. The largest absolute Gasteiger partial charge is 0.417 e. The molecule has 0 saturated heterocycles. The Kier molecular flexibility index (Phi) is 3.02. The first kappa shape index (κ1) is 12.7. The molecule has 1 aromatic carbocycles. The van der Waals surface area contributed by atoms with E-state index < -0.39 is 17.3 Å². The molecule has 0 aliphatic heterocycles. The number of nitriles is 2. The average molecular weight is 261 g/mol. The van der Waals surface area contributed by atoms with Gasteiger partial charge in [0.05, 0.1) is 17.2 Å². The Balaban J connectivity index is 2.64. The van der Waals surface area contributed by atoms with Crippen LogP contribution in [0.4, 0.5) is 13.2 Å². The van der Waals surface area contributed by atoms with Crippen molar-refractivity contribution >= 4 is 0 Å². The highest BCUT2D eigenvalue weighted by molar-refractivity contribution is 5.49. The van der Waals surface area contributed by atoms with Crippen molar-refractivity contribution in [3.63, 3.8) is 0 Å². The van der Waals surface area contributed by atoms with E-state index in [9.17, 15) is 13.2 Å². The summed E-state index contributed by atoms with van der Waals surface area (Å²) >= 11 is 0. The van der Waals surface area contributed by atoms with Crippen LogP contribution in [0.2, 0.25) is 0 Å². The van der Waals surface area contributed by atoms with Crippen molar-refractivity contribution in [3.05, 3.63) is 53.3 Å². The number of alkyl halides is 3. The lowest BCUT2D eigenvalue weighted by Crippen LogP contribution is -2.09. The van der Waals surface area contributed by atoms with Gasteiger partial charge in [0.15, 0.2) is 0 Å². The lowest BCUT2D eigenvalue weighted by molar-refractivity contribution is -0.137. The van der Waals surface area contributed by atoms with E-state index in [1.54, 1.807) is 6.07 Å². The molecule has 19 heavy (non-hydrogen) atoms. The lowest BCUT2D eigenvalue weighted by Gasteiger charge is -2.12. The third kappa shape index (κ3) is 2.29. The number of rotatable bonds is 1. The Labute approximate surface area is 106 Å². The minimum Gasteiger partial charge on any atom is -0.308 e. The van der Waals surface area contributed by atoms with Crippen molar-refractivity contribution in [2.45, 2.75) is 6.18 Å². The van der Waals surface area contributed by atoms with Gasteiger partial charge in [-0.15, -0.1) is 0 Å². The Bertz CT molecular complexity index is 699. The van der Waals surface area contributed by atoms with Crippen LogP contribution >= 0.6 is 0 Å². The van der Waals surface area contributed by atoms with E-state index in [1.165, 1.54) is 29.0 Å². The van der Waals surface area contributed by atoms with Crippen LogP contribution in [0.15, 0.2) is 36.5 Å². The van der Waals surface area contributed by atoms with Crippen LogP contribution in [0.1, 0.15) is 16.8 Å². The molecule has 0 bridgehead atoms. The fourth-order valence-corrected chi connectivity index (χ4v) is 1.71. The number of hydrogen-bond donors (Lipinski definition) is 0. The van der Waals surface area contributed by atoms with Gasteiger partial charge >= 0.3 is 6.18 Å². The maximum atomic E-state index is 12.8. The SMILES string of the molecule is N#Cc1ccc(-n2cccc2C#N)cc1C(F)(F)F. The third-order valence-corrected chi connectivity index (χ3v) is 2.57. The predicted octanol–water partition coefficient (Wildman–Crippen LogP) is 3.24. The molecule has 0 aliphatic carbocycles. The van der Waals surface area contributed by atoms with Gasteiger partial charge in [-0.2, -0.15) is 23.7 Å². The zero-order chi connectivity index (χ0) is 14.0. The van der Waals surface area contributed by atoms with Crippen LogP contribution in [0.25, 0.3) is 5.69 Å². The van der Waals surface area contributed by atoms with E-state index in [2.05, 4.69) is 0 Å².